The highest BCUT2D eigenvalue weighted by atomic mass is 16.5. The zero-order valence-electron chi connectivity index (χ0n) is 16.3. The third kappa shape index (κ3) is 3.69. The number of anilines is 1. The topological polar surface area (TPSA) is 84.2 Å². The summed E-state index contributed by atoms with van der Waals surface area (Å²) in [6.45, 7) is 5.95. The Morgan fingerprint density at radius 2 is 2.11 bits per heavy atom. The molecule has 146 valence electrons. The Hall–Kier alpha value is -2.96. The van der Waals surface area contributed by atoms with Crippen LogP contribution in [-0.4, -0.2) is 34.1 Å². The number of rotatable bonds is 5. The van der Waals surface area contributed by atoms with Crippen molar-refractivity contribution in [1.29, 1.82) is 0 Å². The highest BCUT2D eigenvalue weighted by Gasteiger charge is 2.29. The average molecular weight is 379 g/mol. The molecule has 28 heavy (non-hydrogen) atoms. The van der Waals surface area contributed by atoms with E-state index in [2.05, 4.69) is 25.3 Å². The summed E-state index contributed by atoms with van der Waals surface area (Å²) in [7, 11) is 0. The highest BCUT2D eigenvalue weighted by molar-refractivity contribution is 5.89. The maximum Gasteiger partial charge on any atom is 0.263 e. The molecule has 0 unspecified atom stereocenters. The monoisotopic (exact) mass is 379 g/mol. The minimum Gasteiger partial charge on any atom is -0.355 e. The molecule has 0 bridgehead atoms. The summed E-state index contributed by atoms with van der Waals surface area (Å²) in [6.07, 6.45) is 2.58. The van der Waals surface area contributed by atoms with E-state index in [1.54, 1.807) is 0 Å². The van der Waals surface area contributed by atoms with Gasteiger partial charge in [0.25, 0.3) is 5.71 Å². The maximum absolute atomic E-state index is 12.8. The Morgan fingerprint density at radius 3 is 2.89 bits per heavy atom. The third-order valence-corrected chi connectivity index (χ3v) is 5.24. The molecule has 3 heterocycles. The molecule has 0 spiro atoms. The number of hydrogen-bond acceptors (Lipinski definition) is 6. The number of aryl methyl sites for hydroxylation is 2. The minimum absolute atomic E-state index is 0.0623. The molecule has 1 aromatic carbocycles. The number of amides is 1. The van der Waals surface area contributed by atoms with Gasteiger partial charge in [0.15, 0.2) is 0 Å². The smallest absolute Gasteiger partial charge is 0.263 e. The second-order valence-corrected chi connectivity index (χ2v) is 7.25. The van der Waals surface area contributed by atoms with Gasteiger partial charge in [0.2, 0.25) is 5.91 Å². The lowest BCUT2D eigenvalue weighted by Gasteiger charge is -2.33. The fourth-order valence-corrected chi connectivity index (χ4v) is 3.78. The molecule has 1 atom stereocenters. The van der Waals surface area contributed by atoms with Gasteiger partial charge in [-0.3, -0.25) is 4.79 Å². The number of nitrogens with zero attached hydrogens (tertiary/aromatic N) is 4. The number of aromatic nitrogens is 3. The quantitative estimate of drug-likeness (QED) is 0.734. The van der Waals surface area contributed by atoms with E-state index in [1.807, 2.05) is 44.2 Å². The number of fused-ring (bicyclic) bond motifs is 1. The van der Waals surface area contributed by atoms with E-state index in [9.17, 15) is 4.79 Å². The number of carbonyl (C=O) groups is 1. The molecule has 1 aliphatic rings. The first-order valence-corrected chi connectivity index (χ1v) is 9.85. The second kappa shape index (κ2) is 7.96. The summed E-state index contributed by atoms with van der Waals surface area (Å²) in [4.78, 5) is 24.0. The van der Waals surface area contributed by atoms with Crippen LogP contribution in [-0.2, 0) is 17.8 Å². The van der Waals surface area contributed by atoms with Gasteiger partial charge in [0, 0.05) is 19.6 Å². The fourth-order valence-electron chi connectivity index (χ4n) is 3.78. The standard InChI is InChI=1S/C21H25N5O2/c1-3-17-18-19(23-14(2)24-21(18)28-25-17)26-11-7-10-16(13-26)20(27)22-12-15-8-5-4-6-9-15/h4-6,8-9,16H,3,7,10-13H2,1-2H3,(H,22,27)/t16-/m1/s1. The number of benzene rings is 1. The molecule has 1 N–H and O–H groups in total. The van der Waals surface area contributed by atoms with Gasteiger partial charge in [-0.15, -0.1) is 0 Å². The normalized spacial score (nSPS) is 17.1. The van der Waals surface area contributed by atoms with Crippen LogP contribution in [0.4, 0.5) is 5.82 Å². The molecule has 0 aliphatic carbocycles. The zero-order chi connectivity index (χ0) is 19.5. The summed E-state index contributed by atoms with van der Waals surface area (Å²) in [5.41, 5.74) is 2.49. The first-order chi connectivity index (χ1) is 13.7. The van der Waals surface area contributed by atoms with Gasteiger partial charge in [-0.25, -0.2) is 4.98 Å². The number of piperidine rings is 1. The largest absolute Gasteiger partial charge is 0.355 e. The highest BCUT2D eigenvalue weighted by Crippen LogP contribution is 2.30. The van der Waals surface area contributed by atoms with Crippen LogP contribution in [0.1, 0.15) is 36.8 Å². The molecule has 0 saturated carbocycles. The van der Waals surface area contributed by atoms with Crippen molar-refractivity contribution in [2.45, 2.75) is 39.7 Å². The second-order valence-electron chi connectivity index (χ2n) is 7.25. The van der Waals surface area contributed by atoms with Gasteiger partial charge < -0.3 is 14.7 Å². The van der Waals surface area contributed by atoms with Crippen molar-refractivity contribution in [1.82, 2.24) is 20.4 Å². The number of nitrogens with one attached hydrogen (secondary N) is 1. The Kier molecular flexibility index (Phi) is 5.23. The van der Waals surface area contributed by atoms with Gasteiger partial charge in [-0.05, 0) is 31.7 Å². The van der Waals surface area contributed by atoms with Crippen LogP contribution in [0, 0.1) is 12.8 Å². The first kappa shape index (κ1) is 18.4. The molecule has 2 aromatic heterocycles. The van der Waals surface area contributed by atoms with Crippen LogP contribution in [0.15, 0.2) is 34.9 Å². The Morgan fingerprint density at radius 1 is 1.29 bits per heavy atom. The van der Waals surface area contributed by atoms with E-state index in [4.69, 9.17) is 4.52 Å². The Bertz CT molecular complexity index is 970. The minimum atomic E-state index is -0.0623. The first-order valence-electron chi connectivity index (χ1n) is 9.85. The molecule has 1 saturated heterocycles. The van der Waals surface area contributed by atoms with E-state index in [0.717, 1.165) is 48.3 Å². The predicted octanol–water partition coefficient (Wildman–Crippen LogP) is 3.02. The van der Waals surface area contributed by atoms with Crippen LogP contribution < -0.4 is 10.2 Å². The molecule has 1 fully saturated rings. The molecule has 7 heteroatoms. The van der Waals surface area contributed by atoms with Gasteiger partial charge in [-0.1, -0.05) is 42.4 Å². The van der Waals surface area contributed by atoms with E-state index >= 15 is 0 Å². The van der Waals surface area contributed by atoms with Crippen molar-refractivity contribution in [3.8, 4) is 0 Å². The average Bonchev–Trinajstić information content (AvgIpc) is 3.15. The Balaban J connectivity index is 1.52. The van der Waals surface area contributed by atoms with Crippen LogP contribution in [0.25, 0.3) is 11.1 Å². The van der Waals surface area contributed by atoms with Crippen molar-refractivity contribution < 1.29 is 9.32 Å². The van der Waals surface area contributed by atoms with Gasteiger partial charge >= 0.3 is 0 Å². The van der Waals surface area contributed by atoms with E-state index in [1.165, 1.54) is 0 Å². The number of hydrogen-bond donors (Lipinski definition) is 1. The Labute approximate surface area is 164 Å². The molecule has 7 nitrogen and oxygen atoms in total. The molecule has 3 aromatic rings. The van der Waals surface area contributed by atoms with Crippen LogP contribution in [0.5, 0.6) is 0 Å². The van der Waals surface area contributed by atoms with E-state index in [0.29, 0.717) is 24.6 Å². The summed E-state index contributed by atoms with van der Waals surface area (Å²) >= 11 is 0. The molecule has 4 rings (SSSR count). The summed E-state index contributed by atoms with van der Waals surface area (Å²) in [5, 5.41) is 8.10. The predicted molar refractivity (Wildman–Crippen MR) is 107 cm³/mol. The van der Waals surface area contributed by atoms with Gasteiger partial charge in [0.1, 0.15) is 17.0 Å². The lowest BCUT2D eigenvalue weighted by Crippen LogP contribution is -2.43. The van der Waals surface area contributed by atoms with Crippen molar-refractivity contribution in [3.05, 3.63) is 47.4 Å². The fraction of sp³-hybridized carbons (Fsp3) is 0.429. The van der Waals surface area contributed by atoms with Crippen molar-refractivity contribution >= 4 is 22.8 Å². The molecule has 0 radical (unpaired) electrons. The lowest BCUT2D eigenvalue weighted by atomic mass is 9.96. The summed E-state index contributed by atoms with van der Waals surface area (Å²) in [6, 6.07) is 9.98. The van der Waals surface area contributed by atoms with Gasteiger partial charge in [-0.2, -0.15) is 4.98 Å². The molecular weight excluding hydrogens is 354 g/mol. The van der Waals surface area contributed by atoms with Crippen molar-refractivity contribution in [2.24, 2.45) is 5.92 Å². The number of carbonyl (C=O) groups excluding carboxylic acids is 1. The molecule has 1 aliphatic heterocycles. The zero-order valence-corrected chi connectivity index (χ0v) is 16.3. The van der Waals surface area contributed by atoms with Crippen molar-refractivity contribution in [2.75, 3.05) is 18.0 Å². The SMILES string of the molecule is CCc1noc2nc(C)nc(N3CCC[C@@H](C(=O)NCc4ccccc4)C3)c12. The maximum atomic E-state index is 12.8. The summed E-state index contributed by atoms with van der Waals surface area (Å²) < 4.78 is 5.41. The van der Waals surface area contributed by atoms with Crippen LogP contribution in [0.2, 0.25) is 0 Å². The van der Waals surface area contributed by atoms with E-state index in [-0.39, 0.29) is 11.8 Å². The van der Waals surface area contributed by atoms with E-state index < -0.39 is 0 Å². The van der Waals surface area contributed by atoms with Gasteiger partial charge in [0.05, 0.1) is 11.6 Å². The lowest BCUT2D eigenvalue weighted by molar-refractivity contribution is -0.125. The summed E-state index contributed by atoms with van der Waals surface area (Å²) in [5.74, 6) is 1.52. The van der Waals surface area contributed by atoms with Crippen molar-refractivity contribution in [3.63, 3.8) is 0 Å². The van der Waals surface area contributed by atoms with Crippen LogP contribution >= 0.6 is 0 Å². The third-order valence-electron chi connectivity index (χ3n) is 5.24. The molecular formula is C21H25N5O2. The molecule has 1 amide bonds. The van der Waals surface area contributed by atoms with Crippen LogP contribution in [0.3, 0.4) is 0 Å².